The molecule has 1 aliphatic carbocycles. The minimum atomic E-state index is 0.118. The van der Waals surface area contributed by atoms with Gasteiger partial charge in [-0.25, -0.2) is 4.98 Å². The molecule has 0 radical (unpaired) electrons. The molecule has 2 unspecified atom stereocenters. The summed E-state index contributed by atoms with van der Waals surface area (Å²) < 4.78 is 0. The number of rotatable bonds is 6. The molecule has 0 saturated heterocycles. The molecule has 0 aliphatic heterocycles. The zero-order valence-electron chi connectivity index (χ0n) is 12.8. The summed E-state index contributed by atoms with van der Waals surface area (Å²) in [4.78, 5) is 16.5. The molecule has 0 bridgehead atoms. The van der Waals surface area contributed by atoms with Crippen LogP contribution < -0.4 is 5.32 Å². The fourth-order valence-electron chi connectivity index (χ4n) is 3.03. The smallest absolute Gasteiger partial charge is 0.220 e. The number of aliphatic hydroxyl groups excluding tert-OH is 1. The molecule has 1 saturated carbocycles. The van der Waals surface area contributed by atoms with Crippen LogP contribution in [-0.4, -0.2) is 28.6 Å². The van der Waals surface area contributed by atoms with E-state index in [-0.39, 0.29) is 24.5 Å². The number of thiazole rings is 1. The lowest BCUT2D eigenvalue weighted by molar-refractivity contribution is -0.122. The quantitative estimate of drug-likeness (QED) is 0.794. The van der Waals surface area contributed by atoms with Crippen molar-refractivity contribution in [2.75, 3.05) is 6.61 Å². The van der Waals surface area contributed by atoms with E-state index in [9.17, 15) is 9.90 Å². The van der Waals surface area contributed by atoms with Crippen molar-refractivity contribution in [1.29, 1.82) is 0 Å². The number of amides is 1. The van der Waals surface area contributed by atoms with E-state index in [0.29, 0.717) is 6.42 Å². The van der Waals surface area contributed by atoms with Crippen molar-refractivity contribution in [3.8, 4) is 0 Å². The first-order valence-corrected chi connectivity index (χ1v) is 8.88. The number of carbonyl (C=O) groups is 1. The maximum Gasteiger partial charge on any atom is 0.220 e. The van der Waals surface area contributed by atoms with Crippen molar-refractivity contribution >= 4 is 17.2 Å². The van der Waals surface area contributed by atoms with Gasteiger partial charge in [0.25, 0.3) is 0 Å². The van der Waals surface area contributed by atoms with E-state index in [0.717, 1.165) is 42.8 Å². The van der Waals surface area contributed by atoms with Crippen LogP contribution in [0, 0.1) is 12.8 Å². The summed E-state index contributed by atoms with van der Waals surface area (Å²) in [6, 6.07) is 0.159. The van der Waals surface area contributed by atoms with Crippen LogP contribution in [0.3, 0.4) is 0 Å². The van der Waals surface area contributed by atoms with Crippen LogP contribution in [0.1, 0.15) is 55.6 Å². The fourth-order valence-corrected chi connectivity index (χ4v) is 3.67. The van der Waals surface area contributed by atoms with Gasteiger partial charge in [0.2, 0.25) is 5.91 Å². The van der Waals surface area contributed by atoms with Crippen molar-refractivity contribution in [3.63, 3.8) is 0 Å². The molecule has 1 aliphatic rings. The molecule has 2 N–H and O–H groups in total. The Balaban J connectivity index is 1.72. The highest BCUT2D eigenvalue weighted by atomic mass is 32.1. The normalized spacial score (nSPS) is 22.8. The summed E-state index contributed by atoms with van der Waals surface area (Å²) in [7, 11) is 0. The molecule has 5 heteroatoms. The van der Waals surface area contributed by atoms with Gasteiger partial charge < -0.3 is 10.4 Å². The summed E-state index contributed by atoms with van der Waals surface area (Å²) in [5.41, 5.74) is 1.09. The maximum absolute atomic E-state index is 12.1. The van der Waals surface area contributed by atoms with E-state index in [1.165, 1.54) is 12.8 Å². The van der Waals surface area contributed by atoms with Crippen molar-refractivity contribution in [3.05, 3.63) is 16.1 Å². The highest BCUT2D eigenvalue weighted by molar-refractivity contribution is 7.09. The molecular formula is C16H26N2O2S. The second-order valence-corrected chi connectivity index (χ2v) is 7.03. The van der Waals surface area contributed by atoms with Gasteiger partial charge in [0.05, 0.1) is 10.7 Å². The Morgan fingerprint density at radius 2 is 2.24 bits per heavy atom. The molecule has 0 spiro atoms. The molecule has 2 atom stereocenters. The Morgan fingerprint density at radius 1 is 1.43 bits per heavy atom. The minimum absolute atomic E-state index is 0.118. The fraction of sp³-hybridized carbons (Fsp3) is 0.750. The van der Waals surface area contributed by atoms with Crippen LogP contribution in [0.4, 0.5) is 0 Å². The third-order valence-corrected chi connectivity index (χ3v) is 5.07. The highest BCUT2D eigenvalue weighted by Gasteiger charge is 2.24. The predicted molar refractivity (Wildman–Crippen MR) is 85.4 cm³/mol. The average molecular weight is 310 g/mol. The van der Waals surface area contributed by atoms with Crippen LogP contribution in [0.25, 0.3) is 0 Å². The van der Waals surface area contributed by atoms with Gasteiger partial charge in [-0.1, -0.05) is 19.3 Å². The number of aryl methyl sites for hydroxylation is 2. The van der Waals surface area contributed by atoms with Gasteiger partial charge in [0.1, 0.15) is 0 Å². The largest absolute Gasteiger partial charge is 0.396 e. The molecule has 1 aromatic heterocycles. The van der Waals surface area contributed by atoms with Crippen LogP contribution in [0.2, 0.25) is 0 Å². The molecule has 118 valence electrons. The zero-order chi connectivity index (χ0) is 15.1. The van der Waals surface area contributed by atoms with Gasteiger partial charge in [0, 0.05) is 30.4 Å². The molecule has 21 heavy (non-hydrogen) atoms. The van der Waals surface area contributed by atoms with Crippen LogP contribution in [-0.2, 0) is 11.2 Å². The Hall–Kier alpha value is -0.940. The minimum Gasteiger partial charge on any atom is -0.396 e. The summed E-state index contributed by atoms with van der Waals surface area (Å²) in [6.07, 6.45) is 7.82. The SMILES string of the molecule is Cc1nc(CCCC(=O)NC2CCCCCC2CO)cs1. The van der Waals surface area contributed by atoms with Crippen molar-refractivity contribution in [2.24, 2.45) is 5.92 Å². The third-order valence-electron chi connectivity index (χ3n) is 4.24. The average Bonchev–Trinajstić information content (AvgIpc) is 2.74. The van der Waals surface area contributed by atoms with E-state index < -0.39 is 0 Å². The van der Waals surface area contributed by atoms with Gasteiger partial charge in [0.15, 0.2) is 0 Å². The summed E-state index contributed by atoms with van der Waals surface area (Å²) in [6.45, 7) is 2.19. The van der Waals surface area contributed by atoms with Crippen LogP contribution in [0.15, 0.2) is 5.38 Å². The van der Waals surface area contributed by atoms with Gasteiger partial charge in [-0.15, -0.1) is 11.3 Å². The molecule has 0 aromatic carbocycles. The molecular weight excluding hydrogens is 284 g/mol. The van der Waals surface area contributed by atoms with Gasteiger partial charge in [-0.2, -0.15) is 0 Å². The van der Waals surface area contributed by atoms with E-state index in [1.807, 2.05) is 6.92 Å². The van der Waals surface area contributed by atoms with Gasteiger partial charge in [-0.05, 0) is 32.6 Å². The van der Waals surface area contributed by atoms with Crippen LogP contribution in [0.5, 0.6) is 0 Å². The van der Waals surface area contributed by atoms with E-state index in [2.05, 4.69) is 15.7 Å². The second kappa shape index (κ2) is 8.49. The number of nitrogens with zero attached hydrogens (tertiary/aromatic N) is 1. The van der Waals surface area contributed by atoms with Gasteiger partial charge in [-0.3, -0.25) is 4.79 Å². The lowest BCUT2D eigenvalue weighted by atomic mass is 9.95. The second-order valence-electron chi connectivity index (χ2n) is 5.97. The number of nitrogens with one attached hydrogen (secondary N) is 1. The van der Waals surface area contributed by atoms with Crippen molar-refractivity contribution in [1.82, 2.24) is 10.3 Å². The Labute approximate surface area is 131 Å². The lowest BCUT2D eigenvalue weighted by Gasteiger charge is -2.24. The highest BCUT2D eigenvalue weighted by Crippen LogP contribution is 2.23. The number of hydrogen-bond acceptors (Lipinski definition) is 4. The molecule has 1 aromatic rings. The van der Waals surface area contributed by atoms with Crippen LogP contribution >= 0.6 is 11.3 Å². The first-order valence-electron chi connectivity index (χ1n) is 8.00. The number of aliphatic hydroxyl groups is 1. The summed E-state index contributed by atoms with van der Waals surface area (Å²) in [5.74, 6) is 0.352. The zero-order valence-corrected chi connectivity index (χ0v) is 13.6. The molecule has 1 amide bonds. The predicted octanol–water partition coefficient (Wildman–Crippen LogP) is 2.83. The van der Waals surface area contributed by atoms with E-state index in [4.69, 9.17) is 0 Å². The molecule has 1 heterocycles. The van der Waals surface area contributed by atoms with E-state index in [1.54, 1.807) is 11.3 Å². The molecule has 2 rings (SSSR count). The van der Waals surface area contributed by atoms with Crippen molar-refractivity contribution < 1.29 is 9.90 Å². The third kappa shape index (κ3) is 5.40. The first kappa shape index (κ1) is 16.4. The summed E-state index contributed by atoms with van der Waals surface area (Å²) in [5, 5.41) is 15.8. The first-order chi connectivity index (χ1) is 10.2. The number of carbonyl (C=O) groups excluding carboxylic acids is 1. The standard InChI is InChI=1S/C16H26N2O2S/c1-12-17-14(11-21-12)7-5-9-16(20)18-15-8-4-2-3-6-13(15)10-19/h11,13,15,19H,2-10H2,1H3,(H,18,20). The maximum atomic E-state index is 12.1. The Kier molecular flexibility index (Phi) is 6.64. The number of aromatic nitrogens is 1. The molecule has 4 nitrogen and oxygen atoms in total. The Morgan fingerprint density at radius 3 is 2.95 bits per heavy atom. The Bertz CT molecular complexity index is 447. The summed E-state index contributed by atoms with van der Waals surface area (Å²) >= 11 is 1.66. The van der Waals surface area contributed by atoms with E-state index >= 15 is 0 Å². The lowest BCUT2D eigenvalue weighted by Crippen LogP contribution is -2.41. The number of hydrogen-bond donors (Lipinski definition) is 2. The van der Waals surface area contributed by atoms with Gasteiger partial charge >= 0.3 is 0 Å². The topological polar surface area (TPSA) is 62.2 Å². The molecule has 1 fully saturated rings. The monoisotopic (exact) mass is 310 g/mol. The van der Waals surface area contributed by atoms with Crippen molar-refractivity contribution in [2.45, 2.75) is 64.3 Å².